The summed E-state index contributed by atoms with van der Waals surface area (Å²) in [5.41, 5.74) is 1.13. The van der Waals surface area contributed by atoms with Gasteiger partial charge >= 0.3 is 6.03 Å². The van der Waals surface area contributed by atoms with Gasteiger partial charge in [-0.3, -0.25) is 14.9 Å². The number of rotatable bonds is 2. The molecule has 1 aliphatic rings. The number of aryl methyl sites for hydroxylation is 2. The summed E-state index contributed by atoms with van der Waals surface area (Å²) < 4.78 is 0.842. The van der Waals surface area contributed by atoms with E-state index in [1.807, 2.05) is 19.1 Å². The summed E-state index contributed by atoms with van der Waals surface area (Å²) in [7, 11) is 0. The summed E-state index contributed by atoms with van der Waals surface area (Å²) in [6, 6.07) is 8.21. The van der Waals surface area contributed by atoms with Crippen LogP contribution in [0.25, 0.3) is 6.08 Å². The third-order valence-electron chi connectivity index (χ3n) is 3.55. The Bertz CT molecular complexity index is 901. The Balaban J connectivity index is 2.04. The molecule has 1 fully saturated rings. The van der Waals surface area contributed by atoms with Crippen LogP contribution in [-0.4, -0.2) is 17.8 Å². The summed E-state index contributed by atoms with van der Waals surface area (Å²) in [6.07, 6.45) is 1.52. The number of hydrogen-bond acceptors (Lipinski definition) is 4. The number of urea groups is 1. The zero-order valence-electron chi connectivity index (χ0n) is 12.9. The molecule has 5 nitrogen and oxygen atoms in total. The number of carbonyl (C=O) groups excluding carboxylic acids is 3. The van der Waals surface area contributed by atoms with Crippen LogP contribution in [0.3, 0.4) is 0 Å². The van der Waals surface area contributed by atoms with Gasteiger partial charge in [-0.05, 0) is 55.8 Å². The van der Waals surface area contributed by atoms with Gasteiger partial charge in [0.2, 0.25) is 0 Å². The molecule has 1 N–H and O–H groups in total. The van der Waals surface area contributed by atoms with Crippen LogP contribution in [-0.2, 0) is 9.59 Å². The van der Waals surface area contributed by atoms with Crippen molar-refractivity contribution in [3.05, 3.63) is 55.7 Å². The van der Waals surface area contributed by atoms with Gasteiger partial charge in [0.25, 0.3) is 11.8 Å². The monoisotopic (exact) mass is 404 g/mol. The smallest absolute Gasteiger partial charge is 0.273 e. The molecule has 4 amide bonds. The molecule has 2 heterocycles. The number of imide groups is 2. The number of nitrogens with zero attached hydrogens (tertiary/aromatic N) is 1. The van der Waals surface area contributed by atoms with Crippen molar-refractivity contribution in [2.24, 2.45) is 0 Å². The van der Waals surface area contributed by atoms with E-state index < -0.39 is 17.8 Å². The quantitative estimate of drug-likeness (QED) is 0.611. The van der Waals surface area contributed by atoms with Crippen LogP contribution in [0.15, 0.2) is 40.4 Å². The highest BCUT2D eigenvalue weighted by Gasteiger charge is 2.37. The van der Waals surface area contributed by atoms with Gasteiger partial charge < -0.3 is 0 Å². The van der Waals surface area contributed by atoms with E-state index >= 15 is 0 Å². The molecule has 2 aromatic rings. The number of hydrogen-bond donors (Lipinski definition) is 1. The fourth-order valence-electron chi connectivity index (χ4n) is 2.42. The molecule has 3 rings (SSSR count). The van der Waals surface area contributed by atoms with Crippen LogP contribution in [0.1, 0.15) is 15.3 Å². The van der Waals surface area contributed by atoms with Gasteiger partial charge in [-0.25, -0.2) is 9.69 Å². The molecule has 1 aromatic carbocycles. The van der Waals surface area contributed by atoms with Crippen molar-refractivity contribution in [3.8, 4) is 0 Å². The molecule has 1 aromatic heterocycles. The van der Waals surface area contributed by atoms with E-state index in [0.717, 1.165) is 24.7 Å². The summed E-state index contributed by atoms with van der Waals surface area (Å²) in [6.45, 7) is 3.74. The van der Waals surface area contributed by atoms with Crippen LogP contribution >= 0.6 is 27.3 Å². The Morgan fingerprint density at radius 1 is 1.12 bits per heavy atom. The third-order valence-corrected chi connectivity index (χ3v) is 4.99. The fraction of sp³-hybridized carbons (Fsp3) is 0.118. The summed E-state index contributed by atoms with van der Waals surface area (Å²) in [4.78, 5) is 39.9. The highest BCUT2D eigenvalue weighted by atomic mass is 79.9. The molecule has 0 bridgehead atoms. The molecule has 0 unspecified atom stereocenters. The van der Waals surface area contributed by atoms with Crippen LogP contribution < -0.4 is 10.2 Å². The molecule has 24 heavy (non-hydrogen) atoms. The lowest BCUT2D eigenvalue weighted by Crippen LogP contribution is -2.54. The van der Waals surface area contributed by atoms with Crippen LogP contribution in [0, 0.1) is 13.8 Å². The largest absolute Gasteiger partial charge is 0.335 e. The lowest BCUT2D eigenvalue weighted by atomic mass is 10.1. The Labute approximate surface area is 151 Å². The Morgan fingerprint density at radius 2 is 1.88 bits per heavy atom. The number of halogens is 1. The molecule has 1 saturated heterocycles. The van der Waals surface area contributed by atoms with E-state index in [4.69, 9.17) is 0 Å². The Kier molecular flexibility index (Phi) is 4.38. The molecule has 0 radical (unpaired) electrons. The predicted octanol–water partition coefficient (Wildman–Crippen LogP) is 3.79. The minimum Gasteiger partial charge on any atom is -0.273 e. The molecular weight excluding hydrogens is 392 g/mol. The van der Waals surface area contributed by atoms with Crippen molar-refractivity contribution in [2.45, 2.75) is 13.8 Å². The summed E-state index contributed by atoms with van der Waals surface area (Å²) in [5.74, 6) is -1.30. The topological polar surface area (TPSA) is 66.5 Å². The van der Waals surface area contributed by atoms with Gasteiger partial charge in [0.1, 0.15) is 5.57 Å². The van der Waals surface area contributed by atoms with Crippen molar-refractivity contribution in [3.63, 3.8) is 0 Å². The summed E-state index contributed by atoms with van der Waals surface area (Å²) >= 11 is 4.82. The van der Waals surface area contributed by atoms with Gasteiger partial charge in [0.15, 0.2) is 0 Å². The third kappa shape index (κ3) is 3.05. The van der Waals surface area contributed by atoms with Gasteiger partial charge in [-0.15, -0.1) is 11.3 Å². The molecular formula is C17H13BrN2O3S. The molecule has 0 aliphatic carbocycles. The fourth-order valence-corrected chi connectivity index (χ4v) is 3.72. The lowest BCUT2D eigenvalue weighted by Gasteiger charge is -2.27. The Hall–Kier alpha value is -2.25. The highest BCUT2D eigenvalue weighted by molar-refractivity contribution is 9.10. The second kappa shape index (κ2) is 6.33. The number of nitrogens with one attached hydrogen (secondary N) is 1. The minimum absolute atomic E-state index is 0.0567. The first-order chi connectivity index (χ1) is 11.4. The van der Waals surface area contributed by atoms with Gasteiger partial charge in [0.05, 0.1) is 5.69 Å². The zero-order valence-corrected chi connectivity index (χ0v) is 15.3. The maximum atomic E-state index is 12.8. The number of benzene rings is 1. The lowest BCUT2D eigenvalue weighted by molar-refractivity contribution is -0.122. The zero-order chi connectivity index (χ0) is 17.4. The first-order valence-corrected chi connectivity index (χ1v) is 8.72. The summed E-state index contributed by atoms with van der Waals surface area (Å²) in [5, 5.41) is 2.23. The van der Waals surface area contributed by atoms with Crippen molar-refractivity contribution in [2.75, 3.05) is 4.90 Å². The van der Waals surface area contributed by atoms with Crippen molar-refractivity contribution >= 4 is 56.9 Å². The van der Waals surface area contributed by atoms with Gasteiger partial charge in [-0.2, -0.15) is 0 Å². The molecule has 1 aliphatic heterocycles. The second-order valence-corrected chi connectivity index (χ2v) is 7.57. The van der Waals surface area contributed by atoms with Crippen LogP contribution in [0.4, 0.5) is 10.5 Å². The van der Waals surface area contributed by atoms with Crippen molar-refractivity contribution in [1.29, 1.82) is 0 Å². The van der Waals surface area contributed by atoms with Gasteiger partial charge in [0, 0.05) is 14.2 Å². The Morgan fingerprint density at radius 3 is 2.50 bits per heavy atom. The average Bonchev–Trinajstić information content (AvgIpc) is 2.91. The average molecular weight is 405 g/mol. The van der Waals surface area contributed by atoms with Crippen molar-refractivity contribution in [1.82, 2.24) is 5.32 Å². The van der Waals surface area contributed by atoms with Crippen molar-refractivity contribution < 1.29 is 14.4 Å². The minimum atomic E-state index is -0.741. The second-order valence-electron chi connectivity index (χ2n) is 5.34. The molecule has 122 valence electrons. The van der Waals surface area contributed by atoms with E-state index in [-0.39, 0.29) is 5.57 Å². The highest BCUT2D eigenvalue weighted by Crippen LogP contribution is 2.28. The molecule has 0 atom stereocenters. The van der Waals surface area contributed by atoms with E-state index in [2.05, 4.69) is 21.2 Å². The van der Waals surface area contributed by atoms with E-state index in [9.17, 15) is 14.4 Å². The molecule has 0 saturated carbocycles. The van der Waals surface area contributed by atoms with E-state index in [1.54, 1.807) is 25.1 Å². The number of thiophene rings is 1. The first kappa shape index (κ1) is 16.6. The number of carbonyl (C=O) groups is 3. The number of anilines is 1. The number of barbiturate groups is 1. The van der Waals surface area contributed by atoms with E-state index in [1.165, 1.54) is 17.4 Å². The maximum absolute atomic E-state index is 12.8. The van der Waals surface area contributed by atoms with Gasteiger partial charge in [-0.1, -0.05) is 15.9 Å². The number of amides is 4. The SMILES string of the molecule is Cc1ccc(C=C2C(=O)NC(=O)N(c3ccc(Br)cc3C)C2=O)s1. The molecule has 0 spiro atoms. The predicted molar refractivity (Wildman–Crippen MR) is 96.9 cm³/mol. The molecule has 7 heteroatoms. The van der Waals surface area contributed by atoms with E-state index in [0.29, 0.717) is 5.69 Å². The maximum Gasteiger partial charge on any atom is 0.335 e. The van der Waals surface area contributed by atoms with Crippen LogP contribution in [0.2, 0.25) is 0 Å². The standard InChI is InChI=1S/C17H13BrN2O3S/c1-9-7-11(18)4-6-14(9)20-16(22)13(15(21)19-17(20)23)8-12-5-3-10(2)24-12/h3-8H,1-2H3,(H,19,21,23). The first-order valence-electron chi connectivity index (χ1n) is 7.11. The normalized spacial score (nSPS) is 16.7. The van der Waals surface area contributed by atoms with Crippen LogP contribution in [0.5, 0.6) is 0 Å².